The Morgan fingerprint density at radius 3 is 1.40 bits per heavy atom. The smallest absolute Gasteiger partial charge is 0.872 e. The molecule has 0 bridgehead atoms. The van der Waals surface area contributed by atoms with Crippen LogP contribution in [0.5, 0.6) is 11.5 Å². The molecule has 4 aromatic rings. The summed E-state index contributed by atoms with van der Waals surface area (Å²) >= 11 is 2.74. The number of rotatable bonds is 2. The molecule has 0 spiro atoms. The SMILES string of the molecule is [Be+2].[O-]c1ccccc1-c1ncs[nH+]1.[O-]c1ccccc1-c1ncs[nH+]1. The zero-order valence-electron chi connectivity index (χ0n) is 13.0. The Balaban J connectivity index is 0.000000173. The van der Waals surface area contributed by atoms with Crippen LogP contribution in [-0.2, 0) is 0 Å². The number of hydrogen-bond donors (Lipinski definition) is 0. The van der Waals surface area contributed by atoms with Gasteiger partial charge in [0.05, 0.1) is 34.2 Å². The first-order valence-corrected chi connectivity index (χ1v) is 8.67. The summed E-state index contributed by atoms with van der Waals surface area (Å²) in [5.41, 5.74) is 4.58. The van der Waals surface area contributed by atoms with E-state index in [1.807, 2.05) is 12.1 Å². The molecule has 4 rings (SSSR count). The van der Waals surface area contributed by atoms with E-state index in [1.165, 1.54) is 35.2 Å². The molecular weight excluding hydrogens is 353 g/mol. The number of aromatic nitrogens is 4. The van der Waals surface area contributed by atoms with Crippen molar-refractivity contribution >= 4 is 33.2 Å². The summed E-state index contributed by atoms with van der Waals surface area (Å²) in [5.74, 6) is 1.29. The van der Waals surface area contributed by atoms with Gasteiger partial charge in [0, 0.05) is 0 Å². The average molecular weight is 365 g/mol. The van der Waals surface area contributed by atoms with Gasteiger partial charge in [-0.15, -0.1) is 0 Å². The summed E-state index contributed by atoms with van der Waals surface area (Å²) in [7, 11) is 0. The van der Waals surface area contributed by atoms with Gasteiger partial charge in [0.25, 0.3) is 0 Å². The van der Waals surface area contributed by atoms with Gasteiger partial charge in [0.1, 0.15) is 0 Å². The largest absolute Gasteiger partial charge is 2.00 e. The number of nitrogens with zero attached hydrogens (tertiary/aromatic N) is 2. The van der Waals surface area contributed by atoms with E-state index in [9.17, 15) is 10.2 Å². The molecule has 2 aromatic heterocycles. The number of para-hydroxylation sites is 2. The molecule has 0 amide bonds. The Labute approximate surface area is 156 Å². The van der Waals surface area contributed by atoms with E-state index in [0.29, 0.717) is 22.8 Å². The van der Waals surface area contributed by atoms with Crippen molar-refractivity contribution < 1.29 is 19.0 Å². The van der Waals surface area contributed by atoms with Gasteiger partial charge in [-0.05, 0) is 22.1 Å². The number of nitrogens with one attached hydrogen (secondary N) is 2. The van der Waals surface area contributed by atoms with Crippen LogP contribution in [0.1, 0.15) is 0 Å². The molecule has 0 saturated heterocycles. The third-order valence-corrected chi connectivity index (χ3v) is 4.11. The van der Waals surface area contributed by atoms with Gasteiger partial charge in [0.15, 0.2) is 0 Å². The normalized spacial score (nSPS) is 9.60. The molecule has 0 saturated carbocycles. The second-order valence-electron chi connectivity index (χ2n) is 4.60. The van der Waals surface area contributed by atoms with Crippen molar-refractivity contribution in [1.29, 1.82) is 0 Å². The van der Waals surface area contributed by atoms with Crippen LogP contribution in [0.4, 0.5) is 0 Å². The van der Waals surface area contributed by atoms with Crippen LogP contribution in [0.15, 0.2) is 59.6 Å². The van der Waals surface area contributed by atoms with Gasteiger partial charge in [-0.3, -0.25) is 0 Å². The number of hydrogen-bond acceptors (Lipinski definition) is 6. The van der Waals surface area contributed by atoms with Crippen molar-refractivity contribution in [3.63, 3.8) is 0 Å². The molecule has 25 heavy (non-hydrogen) atoms. The van der Waals surface area contributed by atoms with Crippen LogP contribution >= 0.6 is 23.1 Å². The minimum absolute atomic E-state index is 0. The second-order valence-corrected chi connectivity index (χ2v) is 5.90. The molecule has 0 aliphatic rings. The first-order valence-electron chi connectivity index (χ1n) is 6.91. The van der Waals surface area contributed by atoms with Crippen molar-refractivity contribution in [3.05, 3.63) is 59.6 Å². The molecule has 0 atom stereocenters. The van der Waals surface area contributed by atoms with E-state index in [2.05, 4.69) is 18.7 Å². The van der Waals surface area contributed by atoms with Gasteiger partial charge < -0.3 is 10.2 Å². The molecule has 2 heterocycles. The molecule has 120 valence electrons. The van der Waals surface area contributed by atoms with Crippen molar-refractivity contribution in [2.45, 2.75) is 0 Å². The quantitative estimate of drug-likeness (QED) is 0.495. The fourth-order valence-electron chi connectivity index (χ4n) is 1.95. The number of benzene rings is 2. The van der Waals surface area contributed by atoms with Crippen LogP contribution in [0, 0.1) is 0 Å². The third kappa shape index (κ3) is 4.67. The standard InChI is InChI=1S/2C8H6N2OS.Be/c2*11-7-4-2-1-3-6(7)8-9-5-12-10-8;/h2*1-5,11H;/q;;+2. The Morgan fingerprint density at radius 1 is 0.680 bits per heavy atom. The minimum Gasteiger partial charge on any atom is -0.872 e. The van der Waals surface area contributed by atoms with E-state index in [-0.39, 0.29) is 21.6 Å². The van der Waals surface area contributed by atoms with Gasteiger partial charge in [0.2, 0.25) is 11.0 Å². The van der Waals surface area contributed by atoms with Crippen LogP contribution in [-0.4, -0.2) is 20.1 Å². The van der Waals surface area contributed by atoms with E-state index in [4.69, 9.17) is 0 Å². The van der Waals surface area contributed by atoms with E-state index in [0.717, 1.165) is 0 Å². The zero-order chi connectivity index (χ0) is 16.8. The summed E-state index contributed by atoms with van der Waals surface area (Å²) in [4.78, 5) is 8.02. The molecule has 0 fully saturated rings. The first kappa shape index (κ1) is 18.7. The summed E-state index contributed by atoms with van der Waals surface area (Å²) in [6, 6.07) is 13.7. The monoisotopic (exact) mass is 365 g/mol. The van der Waals surface area contributed by atoms with Crippen LogP contribution in [0.3, 0.4) is 0 Å². The Hall–Kier alpha value is -2.67. The molecular formula is C16H12BeN4O2S2+2. The van der Waals surface area contributed by atoms with Gasteiger partial charge in [-0.25, -0.2) is 0 Å². The second kappa shape index (κ2) is 8.98. The molecule has 2 N–H and O–H groups in total. The summed E-state index contributed by atoms with van der Waals surface area (Å²) in [6.45, 7) is 0. The average Bonchev–Trinajstić information content (AvgIpc) is 3.30. The molecule has 9 heteroatoms. The topological polar surface area (TPSA) is 100 Å². The van der Waals surface area contributed by atoms with Crippen LogP contribution in [0.25, 0.3) is 22.8 Å². The third-order valence-electron chi connectivity index (χ3n) is 3.06. The molecule has 0 unspecified atom stereocenters. The molecule has 2 aromatic carbocycles. The molecule has 6 nitrogen and oxygen atoms in total. The van der Waals surface area contributed by atoms with Crippen LogP contribution < -0.4 is 19.0 Å². The summed E-state index contributed by atoms with van der Waals surface area (Å²) < 4.78 is 5.85. The first-order chi connectivity index (χ1) is 11.8. The summed E-state index contributed by atoms with van der Waals surface area (Å²) in [6.07, 6.45) is 0. The predicted octanol–water partition coefficient (Wildman–Crippen LogP) is 1.01. The number of aromatic amines is 2. The van der Waals surface area contributed by atoms with Gasteiger partial charge >= 0.3 is 21.8 Å². The Morgan fingerprint density at radius 2 is 1.08 bits per heavy atom. The maximum absolute atomic E-state index is 11.3. The van der Waals surface area contributed by atoms with Crippen LogP contribution in [0.2, 0.25) is 0 Å². The van der Waals surface area contributed by atoms with Crippen molar-refractivity contribution in [3.8, 4) is 34.3 Å². The van der Waals surface area contributed by atoms with E-state index < -0.39 is 0 Å². The number of H-pyrrole nitrogens is 2. The molecule has 0 radical (unpaired) electrons. The van der Waals surface area contributed by atoms with E-state index >= 15 is 0 Å². The molecule has 0 aliphatic heterocycles. The predicted molar refractivity (Wildman–Crippen MR) is 92.9 cm³/mol. The zero-order valence-corrected chi connectivity index (χ0v) is 14.6. The fraction of sp³-hybridized carbons (Fsp3) is 0. The Bertz CT molecular complexity index is 826. The van der Waals surface area contributed by atoms with Crippen molar-refractivity contribution in [2.24, 2.45) is 0 Å². The van der Waals surface area contributed by atoms with Gasteiger partial charge in [-0.1, -0.05) is 47.9 Å². The van der Waals surface area contributed by atoms with Crippen molar-refractivity contribution in [2.75, 3.05) is 0 Å². The summed E-state index contributed by atoms with van der Waals surface area (Å²) in [5, 5.41) is 22.5. The maximum Gasteiger partial charge on any atom is 2.00 e. The maximum atomic E-state index is 11.3. The van der Waals surface area contributed by atoms with Crippen molar-refractivity contribution in [1.82, 2.24) is 9.97 Å². The van der Waals surface area contributed by atoms with Gasteiger partial charge in [-0.2, -0.15) is 8.75 Å². The minimum atomic E-state index is -0.000324. The van der Waals surface area contributed by atoms with E-state index in [1.54, 1.807) is 35.3 Å². The molecule has 0 aliphatic carbocycles. The Kier molecular flexibility index (Phi) is 6.70. The fourth-order valence-corrected chi connectivity index (χ4v) is 2.92.